The van der Waals surface area contributed by atoms with Gasteiger partial charge >= 0.3 is 0 Å². The highest BCUT2D eigenvalue weighted by molar-refractivity contribution is 9.10. The number of likely N-dealkylation sites (tertiary alicyclic amines) is 1. The van der Waals surface area contributed by atoms with Crippen molar-refractivity contribution in [1.29, 1.82) is 0 Å². The number of methoxy groups -OCH3 is 1. The van der Waals surface area contributed by atoms with E-state index in [9.17, 15) is 9.59 Å². The SMILES string of the molecule is C=CC(=O)N1CCCC1C(=O)NCc1cc(Br)ccc1OC. The highest BCUT2D eigenvalue weighted by atomic mass is 79.9. The average Bonchev–Trinajstić information content (AvgIpc) is 3.01. The monoisotopic (exact) mass is 366 g/mol. The topological polar surface area (TPSA) is 58.6 Å². The van der Waals surface area contributed by atoms with E-state index in [0.29, 0.717) is 25.3 Å². The van der Waals surface area contributed by atoms with E-state index in [1.807, 2.05) is 18.2 Å². The molecule has 0 radical (unpaired) electrons. The van der Waals surface area contributed by atoms with Gasteiger partial charge < -0.3 is 15.0 Å². The Kier molecular flexibility index (Phi) is 5.60. The predicted molar refractivity (Wildman–Crippen MR) is 87.5 cm³/mol. The molecular weight excluding hydrogens is 348 g/mol. The first-order valence-electron chi connectivity index (χ1n) is 7.10. The van der Waals surface area contributed by atoms with E-state index in [1.54, 1.807) is 12.0 Å². The van der Waals surface area contributed by atoms with E-state index < -0.39 is 6.04 Å². The number of halogens is 1. The van der Waals surface area contributed by atoms with Gasteiger partial charge in [0.25, 0.3) is 0 Å². The average molecular weight is 367 g/mol. The summed E-state index contributed by atoms with van der Waals surface area (Å²) in [6.07, 6.45) is 2.77. The van der Waals surface area contributed by atoms with Crippen LogP contribution in [0.2, 0.25) is 0 Å². The maximum atomic E-state index is 12.3. The first-order valence-corrected chi connectivity index (χ1v) is 7.89. The van der Waals surface area contributed by atoms with Gasteiger partial charge in [-0.05, 0) is 37.1 Å². The number of benzene rings is 1. The molecule has 0 aliphatic carbocycles. The van der Waals surface area contributed by atoms with Crippen LogP contribution in [0.25, 0.3) is 0 Å². The van der Waals surface area contributed by atoms with Crippen molar-refractivity contribution in [2.24, 2.45) is 0 Å². The molecule has 1 heterocycles. The molecule has 0 spiro atoms. The third-order valence-corrected chi connectivity index (χ3v) is 4.20. The number of hydrogen-bond acceptors (Lipinski definition) is 3. The quantitative estimate of drug-likeness (QED) is 0.813. The van der Waals surface area contributed by atoms with Gasteiger partial charge in [0.1, 0.15) is 11.8 Å². The van der Waals surface area contributed by atoms with Crippen LogP contribution in [0.4, 0.5) is 0 Å². The van der Waals surface area contributed by atoms with Crippen LogP contribution >= 0.6 is 15.9 Å². The third-order valence-electron chi connectivity index (χ3n) is 3.71. The summed E-state index contributed by atoms with van der Waals surface area (Å²) in [5, 5.41) is 2.88. The van der Waals surface area contributed by atoms with Gasteiger partial charge in [-0.3, -0.25) is 9.59 Å². The number of ether oxygens (including phenoxy) is 1. The minimum Gasteiger partial charge on any atom is -0.496 e. The Morgan fingerprint density at radius 1 is 1.55 bits per heavy atom. The molecule has 118 valence electrons. The number of nitrogens with zero attached hydrogens (tertiary/aromatic N) is 1. The molecule has 1 fully saturated rings. The van der Waals surface area contributed by atoms with Gasteiger partial charge in [-0.2, -0.15) is 0 Å². The molecule has 5 nitrogen and oxygen atoms in total. The van der Waals surface area contributed by atoms with Gasteiger partial charge in [0.2, 0.25) is 11.8 Å². The first-order chi connectivity index (χ1) is 10.6. The molecule has 1 N–H and O–H groups in total. The number of nitrogens with one attached hydrogen (secondary N) is 1. The van der Waals surface area contributed by atoms with Crippen LogP contribution in [-0.4, -0.2) is 36.4 Å². The lowest BCUT2D eigenvalue weighted by Gasteiger charge is -2.22. The second kappa shape index (κ2) is 7.45. The molecule has 1 atom stereocenters. The Morgan fingerprint density at radius 3 is 3.00 bits per heavy atom. The Morgan fingerprint density at radius 2 is 2.32 bits per heavy atom. The van der Waals surface area contributed by atoms with Crippen LogP contribution in [-0.2, 0) is 16.1 Å². The van der Waals surface area contributed by atoms with Crippen molar-refractivity contribution in [2.45, 2.75) is 25.4 Å². The summed E-state index contributed by atoms with van der Waals surface area (Å²) in [5.74, 6) is 0.376. The normalized spacial score (nSPS) is 17.2. The van der Waals surface area contributed by atoms with Gasteiger partial charge in [-0.15, -0.1) is 0 Å². The van der Waals surface area contributed by atoms with Gasteiger partial charge in [0.05, 0.1) is 7.11 Å². The van der Waals surface area contributed by atoms with E-state index >= 15 is 0 Å². The fraction of sp³-hybridized carbons (Fsp3) is 0.375. The largest absolute Gasteiger partial charge is 0.496 e. The molecule has 0 aromatic heterocycles. The van der Waals surface area contributed by atoms with Crippen LogP contribution in [0.5, 0.6) is 5.75 Å². The Hall–Kier alpha value is -1.82. The minimum atomic E-state index is -0.413. The van der Waals surface area contributed by atoms with Gasteiger partial charge in [0, 0.05) is 23.1 Å². The fourth-order valence-electron chi connectivity index (χ4n) is 2.61. The standard InChI is InChI=1S/C16H19BrN2O3/c1-3-15(20)19-8-4-5-13(19)16(21)18-10-11-9-12(17)6-7-14(11)22-2/h3,6-7,9,13H,1,4-5,8,10H2,2H3,(H,18,21). The summed E-state index contributed by atoms with van der Waals surface area (Å²) in [4.78, 5) is 25.7. The van der Waals surface area contributed by atoms with Crippen molar-refractivity contribution in [3.05, 3.63) is 40.9 Å². The Balaban J connectivity index is 2.02. The lowest BCUT2D eigenvalue weighted by molar-refractivity contribution is -0.135. The van der Waals surface area contributed by atoms with Crippen molar-refractivity contribution in [2.75, 3.05) is 13.7 Å². The molecule has 2 amide bonds. The van der Waals surface area contributed by atoms with Gasteiger partial charge in [-0.25, -0.2) is 0 Å². The van der Waals surface area contributed by atoms with Crippen LogP contribution in [0.3, 0.4) is 0 Å². The molecule has 0 bridgehead atoms. The molecular formula is C16H19BrN2O3. The van der Waals surface area contributed by atoms with Crippen molar-refractivity contribution < 1.29 is 14.3 Å². The molecule has 1 aromatic rings. The highest BCUT2D eigenvalue weighted by Crippen LogP contribution is 2.23. The second-order valence-corrected chi connectivity index (χ2v) is 5.98. The van der Waals surface area contributed by atoms with Crippen molar-refractivity contribution >= 4 is 27.7 Å². The van der Waals surface area contributed by atoms with E-state index in [4.69, 9.17) is 4.74 Å². The van der Waals surface area contributed by atoms with E-state index in [0.717, 1.165) is 16.5 Å². The Labute approximate surface area is 138 Å². The zero-order valence-electron chi connectivity index (χ0n) is 12.5. The van der Waals surface area contributed by atoms with Crippen molar-refractivity contribution in [1.82, 2.24) is 10.2 Å². The first kappa shape index (κ1) is 16.5. The van der Waals surface area contributed by atoms with E-state index in [1.165, 1.54) is 6.08 Å². The predicted octanol–water partition coefficient (Wildman–Crippen LogP) is 2.25. The summed E-state index contributed by atoms with van der Waals surface area (Å²) in [6.45, 7) is 4.44. The van der Waals surface area contributed by atoms with Gasteiger partial charge in [0.15, 0.2) is 0 Å². The lowest BCUT2D eigenvalue weighted by Crippen LogP contribution is -2.45. The van der Waals surface area contributed by atoms with Crippen molar-refractivity contribution in [3.63, 3.8) is 0 Å². The number of amides is 2. The third kappa shape index (κ3) is 3.68. The number of carbonyl (C=O) groups is 2. The summed E-state index contributed by atoms with van der Waals surface area (Å²) in [5.41, 5.74) is 0.879. The maximum Gasteiger partial charge on any atom is 0.246 e. The summed E-state index contributed by atoms with van der Waals surface area (Å²) >= 11 is 3.40. The lowest BCUT2D eigenvalue weighted by atomic mass is 10.1. The molecule has 2 rings (SSSR count). The van der Waals surface area contributed by atoms with Crippen LogP contribution in [0.1, 0.15) is 18.4 Å². The summed E-state index contributed by atoms with van der Waals surface area (Å²) in [6, 6.07) is 5.21. The van der Waals surface area contributed by atoms with Crippen LogP contribution < -0.4 is 10.1 Å². The molecule has 22 heavy (non-hydrogen) atoms. The molecule has 1 aliphatic rings. The zero-order chi connectivity index (χ0) is 16.1. The molecule has 1 aliphatic heterocycles. The number of carbonyl (C=O) groups excluding carboxylic acids is 2. The number of rotatable bonds is 5. The number of hydrogen-bond donors (Lipinski definition) is 1. The Bertz CT molecular complexity index is 589. The molecule has 0 saturated carbocycles. The van der Waals surface area contributed by atoms with Gasteiger partial charge in [-0.1, -0.05) is 22.5 Å². The van der Waals surface area contributed by atoms with Crippen molar-refractivity contribution in [3.8, 4) is 5.75 Å². The van der Waals surface area contributed by atoms with Crippen LogP contribution in [0.15, 0.2) is 35.3 Å². The summed E-state index contributed by atoms with van der Waals surface area (Å²) in [7, 11) is 1.59. The fourth-order valence-corrected chi connectivity index (χ4v) is 3.01. The minimum absolute atomic E-state index is 0.144. The molecule has 1 saturated heterocycles. The zero-order valence-corrected chi connectivity index (χ0v) is 14.1. The van der Waals surface area contributed by atoms with E-state index in [-0.39, 0.29) is 11.8 Å². The molecule has 1 unspecified atom stereocenters. The van der Waals surface area contributed by atoms with Crippen LogP contribution in [0, 0.1) is 0 Å². The molecule has 6 heteroatoms. The second-order valence-electron chi connectivity index (χ2n) is 5.07. The smallest absolute Gasteiger partial charge is 0.246 e. The van der Waals surface area contributed by atoms with E-state index in [2.05, 4.69) is 27.8 Å². The highest BCUT2D eigenvalue weighted by Gasteiger charge is 2.32. The summed E-state index contributed by atoms with van der Waals surface area (Å²) < 4.78 is 6.20. The molecule has 1 aromatic carbocycles. The maximum absolute atomic E-state index is 12.3.